The normalized spacial score (nSPS) is 14.3. The maximum Gasteiger partial charge on any atom is 0.410 e. The van der Waals surface area contributed by atoms with E-state index in [0.29, 0.717) is 30.8 Å². The Morgan fingerprint density at radius 3 is 2.59 bits per heavy atom. The fourth-order valence-corrected chi connectivity index (χ4v) is 4.16. The van der Waals surface area contributed by atoms with E-state index in [1.165, 1.54) is 29.5 Å². The Labute approximate surface area is 172 Å². The Morgan fingerprint density at radius 2 is 1.93 bits per heavy atom. The van der Waals surface area contributed by atoms with Gasteiger partial charge >= 0.3 is 6.09 Å². The van der Waals surface area contributed by atoms with Crippen molar-refractivity contribution in [2.45, 2.75) is 52.2 Å². The molecule has 1 aromatic heterocycles. The summed E-state index contributed by atoms with van der Waals surface area (Å²) in [6.07, 6.45) is 0.160. The third-order valence-corrected chi connectivity index (χ3v) is 5.48. The molecular weight excluding hydrogens is 398 g/mol. The molecule has 0 fully saturated rings. The third-order valence-electron chi connectivity index (χ3n) is 4.47. The molecule has 29 heavy (non-hydrogen) atoms. The number of benzene rings is 1. The molecule has 0 spiro atoms. The predicted molar refractivity (Wildman–Crippen MR) is 109 cm³/mol. The summed E-state index contributed by atoms with van der Waals surface area (Å²) in [4.78, 5) is 27.6. The van der Waals surface area contributed by atoms with Crippen molar-refractivity contribution in [3.8, 4) is 0 Å². The number of hydrogen-bond acceptors (Lipinski definition) is 4. The van der Waals surface area contributed by atoms with Gasteiger partial charge in [-0.05, 0) is 44.9 Å². The number of carbonyl (C=O) groups excluding carboxylic acids is 2. The first-order valence-electron chi connectivity index (χ1n) is 9.31. The number of rotatable bonds is 3. The van der Waals surface area contributed by atoms with Crippen LogP contribution in [0.2, 0.25) is 0 Å². The van der Waals surface area contributed by atoms with Gasteiger partial charge in [0.15, 0.2) is 0 Å². The number of amides is 2. The van der Waals surface area contributed by atoms with Gasteiger partial charge in [0, 0.05) is 35.0 Å². The van der Waals surface area contributed by atoms with Crippen LogP contribution in [-0.2, 0) is 23.6 Å². The number of hydrogen-bond donors (Lipinski definition) is 1. The lowest BCUT2D eigenvalue weighted by Gasteiger charge is -2.30. The van der Waals surface area contributed by atoms with Gasteiger partial charge in [0.05, 0.1) is 12.1 Å². The number of fused-ring (bicyclic) bond motifs is 1. The standard InChI is InChI=1S/C21H24F2N2O3S/c1-20(2,3)28-19(27)25-9-8-15-16(12-29-17(15)11-25)18(26)24-14-7-5-6-13(10-14)21(4,22)23/h5-7,10,12H,8-9,11H2,1-4H3,(H,24,26). The lowest BCUT2D eigenvalue weighted by atomic mass is 10.0. The molecule has 2 heterocycles. The quantitative estimate of drug-likeness (QED) is 0.720. The van der Waals surface area contributed by atoms with Crippen LogP contribution >= 0.6 is 11.3 Å². The Bertz CT molecular complexity index is 929. The highest BCUT2D eigenvalue weighted by Crippen LogP contribution is 2.31. The fourth-order valence-electron chi connectivity index (χ4n) is 3.07. The van der Waals surface area contributed by atoms with Gasteiger partial charge in [-0.3, -0.25) is 4.79 Å². The number of ether oxygens (including phenoxy) is 1. The number of nitrogens with one attached hydrogen (secondary N) is 1. The van der Waals surface area contributed by atoms with Crippen LogP contribution in [-0.4, -0.2) is 29.0 Å². The molecule has 0 bridgehead atoms. The van der Waals surface area contributed by atoms with Gasteiger partial charge < -0.3 is 15.0 Å². The highest BCUT2D eigenvalue weighted by molar-refractivity contribution is 7.10. The zero-order valence-corrected chi connectivity index (χ0v) is 17.7. The van der Waals surface area contributed by atoms with E-state index in [1.807, 2.05) is 20.8 Å². The number of halogens is 2. The van der Waals surface area contributed by atoms with E-state index in [1.54, 1.807) is 16.3 Å². The van der Waals surface area contributed by atoms with Crippen molar-refractivity contribution in [2.75, 3.05) is 11.9 Å². The molecule has 0 radical (unpaired) electrons. The summed E-state index contributed by atoms with van der Waals surface area (Å²) in [5.41, 5.74) is 1.00. The molecule has 2 amide bonds. The molecule has 0 atom stereocenters. The molecule has 3 rings (SSSR count). The maximum absolute atomic E-state index is 13.5. The molecule has 8 heteroatoms. The van der Waals surface area contributed by atoms with E-state index in [0.717, 1.165) is 17.4 Å². The van der Waals surface area contributed by atoms with Gasteiger partial charge in [-0.15, -0.1) is 11.3 Å². The van der Waals surface area contributed by atoms with Gasteiger partial charge in [0.1, 0.15) is 5.60 Å². The fraction of sp³-hybridized carbons (Fsp3) is 0.429. The van der Waals surface area contributed by atoms with Gasteiger partial charge in [0.2, 0.25) is 0 Å². The highest BCUT2D eigenvalue weighted by Gasteiger charge is 2.29. The van der Waals surface area contributed by atoms with Crippen LogP contribution in [0.25, 0.3) is 0 Å². The van der Waals surface area contributed by atoms with Crippen LogP contribution in [0, 0.1) is 0 Å². The van der Waals surface area contributed by atoms with Crippen LogP contribution < -0.4 is 5.32 Å². The topological polar surface area (TPSA) is 58.6 Å². The predicted octanol–water partition coefficient (Wildman–Crippen LogP) is 5.41. The van der Waals surface area contributed by atoms with Crippen LogP contribution in [0.5, 0.6) is 0 Å². The minimum atomic E-state index is -2.98. The Balaban J connectivity index is 1.72. The van der Waals surface area contributed by atoms with Gasteiger partial charge in [-0.1, -0.05) is 12.1 Å². The van der Waals surface area contributed by atoms with Crippen molar-refractivity contribution in [1.29, 1.82) is 0 Å². The van der Waals surface area contributed by atoms with Crippen LogP contribution in [0.3, 0.4) is 0 Å². The number of carbonyl (C=O) groups is 2. The van der Waals surface area contributed by atoms with Crippen molar-refractivity contribution in [3.63, 3.8) is 0 Å². The van der Waals surface area contributed by atoms with Crippen molar-refractivity contribution >= 4 is 29.0 Å². The smallest absolute Gasteiger partial charge is 0.410 e. The molecule has 0 saturated carbocycles. The van der Waals surface area contributed by atoms with Gasteiger partial charge in [0.25, 0.3) is 11.8 Å². The highest BCUT2D eigenvalue weighted by atomic mass is 32.1. The monoisotopic (exact) mass is 422 g/mol. The van der Waals surface area contributed by atoms with E-state index in [9.17, 15) is 18.4 Å². The molecule has 0 unspecified atom stereocenters. The van der Waals surface area contributed by atoms with Gasteiger partial charge in [-0.25, -0.2) is 13.6 Å². The summed E-state index contributed by atoms with van der Waals surface area (Å²) >= 11 is 1.41. The van der Waals surface area contributed by atoms with Crippen molar-refractivity contribution in [2.24, 2.45) is 0 Å². The summed E-state index contributed by atoms with van der Waals surface area (Å²) in [5.74, 6) is -3.32. The Morgan fingerprint density at radius 1 is 1.21 bits per heavy atom. The summed E-state index contributed by atoms with van der Waals surface area (Å²) < 4.78 is 32.5. The molecule has 1 aliphatic heterocycles. The molecule has 1 aromatic carbocycles. The van der Waals surface area contributed by atoms with E-state index in [-0.39, 0.29) is 17.6 Å². The second-order valence-electron chi connectivity index (χ2n) is 8.13. The summed E-state index contributed by atoms with van der Waals surface area (Å²) in [6.45, 7) is 7.11. The van der Waals surface area contributed by atoms with E-state index in [4.69, 9.17) is 4.74 Å². The van der Waals surface area contributed by atoms with E-state index in [2.05, 4.69) is 5.32 Å². The average molecular weight is 422 g/mol. The molecule has 1 N–H and O–H groups in total. The molecule has 0 saturated heterocycles. The Hall–Kier alpha value is -2.48. The van der Waals surface area contributed by atoms with Crippen molar-refractivity contribution < 1.29 is 23.1 Å². The first kappa shape index (κ1) is 21.2. The van der Waals surface area contributed by atoms with E-state index < -0.39 is 11.5 Å². The SMILES string of the molecule is CC(C)(C)OC(=O)N1CCc2c(C(=O)Nc3cccc(C(C)(F)F)c3)csc2C1. The number of nitrogens with zero attached hydrogens (tertiary/aromatic N) is 1. The van der Waals surface area contributed by atoms with E-state index >= 15 is 0 Å². The van der Waals surface area contributed by atoms with Crippen LogP contribution in [0.15, 0.2) is 29.6 Å². The molecule has 156 valence electrons. The van der Waals surface area contributed by atoms with Crippen LogP contribution in [0.4, 0.5) is 19.3 Å². The largest absolute Gasteiger partial charge is 0.444 e. The summed E-state index contributed by atoms with van der Waals surface area (Å²) in [7, 11) is 0. The van der Waals surface area contributed by atoms with Crippen LogP contribution in [0.1, 0.15) is 54.1 Å². The number of anilines is 1. The zero-order valence-electron chi connectivity index (χ0n) is 16.8. The molecule has 0 aliphatic carbocycles. The average Bonchev–Trinajstić information content (AvgIpc) is 3.03. The Kier molecular flexibility index (Phi) is 5.67. The number of alkyl halides is 2. The van der Waals surface area contributed by atoms with Gasteiger partial charge in [-0.2, -0.15) is 0 Å². The minimum Gasteiger partial charge on any atom is -0.444 e. The second kappa shape index (κ2) is 7.74. The zero-order chi connectivity index (χ0) is 21.4. The molecule has 1 aliphatic rings. The minimum absolute atomic E-state index is 0.157. The lowest BCUT2D eigenvalue weighted by Crippen LogP contribution is -2.39. The summed E-state index contributed by atoms with van der Waals surface area (Å²) in [6, 6.07) is 5.68. The summed E-state index contributed by atoms with van der Waals surface area (Å²) in [5, 5.41) is 4.45. The number of thiophene rings is 1. The molecule has 2 aromatic rings. The lowest BCUT2D eigenvalue weighted by molar-refractivity contribution is 0.0174. The molecule has 5 nitrogen and oxygen atoms in total. The third kappa shape index (κ3) is 5.12. The maximum atomic E-state index is 13.5. The molecular formula is C21H24F2N2O3S. The first-order valence-corrected chi connectivity index (χ1v) is 10.2. The van der Waals surface area contributed by atoms with Crippen molar-refractivity contribution in [1.82, 2.24) is 4.90 Å². The van der Waals surface area contributed by atoms with Crippen molar-refractivity contribution in [3.05, 3.63) is 51.2 Å². The first-order chi connectivity index (χ1) is 13.4. The second-order valence-corrected chi connectivity index (χ2v) is 9.09.